The van der Waals surface area contributed by atoms with Crippen LogP contribution < -0.4 is 10.2 Å². The summed E-state index contributed by atoms with van der Waals surface area (Å²) in [4.78, 5) is 26.1. The minimum atomic E-state index is -0.380. The summed E-state index contributed by atoms with van der Waals surface area (Å²) in [5, 5.41) is 2.59. The van der Waals surface area contributed by atoms with Gasteiger partial charge < -0.3 is 10.2 Å². The summed E-state index contributed by atoms with van der Waals surface area (Å²) in [6, 6.07) is 5.22. The molecule has 0 saturated carbocycles. The molecule has 1 aromatic heterocycles. The highest BCUT2D eigenvalue weighted by molar-refractivity contribution is 8.26. The summed E-state index contributed by atoms with van der Waals surface area (Å²) in [5.74, 6) is 0.135. The highest BCUT2D eigenvalue weighted by atomic mass is 32.2. The van der Waals surface area contributed by atoms with E-state index in [2.05, 4.69) is 33.9 Å². The Morgan fingerprint density at radius 3 is 2.81 bits per heavy atom. The number of thioether (sulfide) groups is 1. The molecule has 1 N–H and O–H groups in total. The van der Waals surface area contributed by atoms with Gasteiger partial charge in [-0.25, -0.2) is 9.37 Å². The first-order chi connectivity index (χ1) is 14.9. The summed E-state index contributed by atoms with van der Waals surface area (Å²) in [6.07, 6.45) is 6.06. The maximum Gasteiger partial charge on any atom is 0.263 e. The topological polar surface area (TPSA) is 61.4 Å². The number of aromatic nitrogens is 2. The first-order valence-corrected chi connectivity index (χ1v) is 11.5. The maximum absolute atomic E-state index is 14.7. The van der Waals surface area contributed by atoms with Crippen LogP contribution in [0.25, 0.3) is 17.3 Å². The average molecular weight is 458 g/mol. The van der Waals surface area contributed by atoms with E-state index in [-0.39, 0.29) is 11.7 Å². The number of hydrogen-bond donors (Lipinski definition) is 1. The largest absolute Gasteiger partial charge is 0.354 e. The Morgan fingerprint density at radius 2 is 2.06 bits per heavy atom. The Hall–Kier alpha value is -2.36. The van der Waals surface area contributed by atoms with Crippen molar-refractivity contribution in [1.29, 1.82) is 0 Å². The molecule has 0 radical (unpaired) electrons. The van der Waals surface area contributed by atoms with Gasteiger partial charge in [-0.2, -0.15) is 0 Å². The van der Waals surface area contributed by atoms with E-state index in [9.17, 15) is 9.18 Å². The molecule has 1 aromatic carbocycles. The average Bonchev–Trinajstić information content (AvgIpc) is 2.94. The first kappa shape index (κ1) is 21.9. The Balaban J connectivity index is 1.60. The summed E-state index contributed by atoms with van der Waals surface area (Å²) in [7, 11) is 0. The second-order valence-electron chi connectivity index (χ2n) is 7.82. The summed E-state index contributed by atoms with van der Waals surface area (Å²) in [5.41, 5.74) is 1.53. The van der Waals surface area contributed by atoms with Gasteiger partial charge in [0.15, 0.2) is 0 Å². The second kappa shape index (κ2) is 9.42. The zero-order valence-corrected chi connectivity index (χ0v) is 19.1. The van der Waals surface area contributed by atoms with Gasteiger partial charge in [0.1, 0.15) is 16.0 Å². The normalized spacial score (nSPS) is 19.2. The molecule has 2 aliphatic heterocycles. The van der Waals surface area contributed by atoms with Gasteiger partial charge in [0.05, 0.1) is 23.0 Å². The zero-order chi connectivity index (χ0) is 22.0. The van der Waals surface area contributed by atoms with Crippen molar-refractivity contribution in [3.05, 3.63) is 46.9 Å². The van der Waals surface area contributed by atoms with Gasteiger partial charge in [-0.05, 0) is 44.0 Å². The van der Waals surface area contributed by atoms with Crippen LogP contribution in [-0.4, -0.2) is 57.3 Å². The van der Waals surface area contributed by atoms with Crippen LogP contribution in [0.3, 0.4) is 0 Å². The van der Waals surface area contributed by atoms with Crippen LogP contribution >= 0.6 is 24.0 Å². The summed E-state index contributed by atoms with van der Waals surface area (Å²) < 4.78 is 15.1. The third-order valence-corrected chi connectivity index (χ3v) is 6.58. The molecule has 6 nitrogen and oxygen atoms in total. The molecule has 0 spiro atoms. The fourth-order valence-electron chi connectivity index (χ4n) is 3.72. The molecule has 2 saturated heterocycles. The second-order valence-corrected chi connectivity index (χ2v) is 9.54. The van der Waals surface area contributed by atoms with Gasteiger partial charge in [-0.1, -0.05) is 30.0 Å². The van der Waals surface area contributed by atoms with E-state index in [0.717, 1.165) is 38.4 Å². The van der Waals surface area contributed by atoms with Gasteiger partial charge in [0, 0.05) is 37.8 Å². The number of anilines is 1. The number of nitrogens with zero attached hydrogens (tertiary/aromatic N) is 4. The van der Waals surface area contributed by atoms with Gasteiger partial charge in [0.2, 0.25) is 0 Å². The van der Waals surface area contributed by atoms with E-state index in [1.807, 2.05) is 0 Å². The molecule has 1 amide bonds. The van der Waals surface area contributed by atoms with Crippen LogP contribution in [-0.2, 0) is 4.79 Å². The van der Waals surface area contributed by atoms with Crippen molar-refractivity contribution >= 4 is 46.1 Å². The SMILES string of the molecule is CC(C)N1CCCN(c2cncc(-c3cc(/C=C4\SC(=S)NC4=O)ccc3F)n2)CC1. The van der Waals surface area contributed by atoms with Gasteiger partial charge in [0.25, 0.3) is 5.91 Å². The summed E-state index contributed by atoms with van der Waals surface area (Å²) in [6.45, 7) is 8.19. The predicted molar refractivity (Wildman–Crippen MR) is 127 cm³/mol. The molecule has 4 rings (SSSR count). The van der Waals surface area contributed by atoms with E-state index in [4.69, 9.17) is 17.2 Å². The molecule has 0 unspecified atom stereocenters. The third kappa shape index (κ3) is 5.11. The van der Waals surface area contributed by atoms with Gasteiger partial charge in [-0.3, -0.25) is 14.7 Å². The third-order valence-electron chi connectivity index (χ3n) is 5.41. The molecule has 0 aliphatic carbocycles. The van der Waals surface area contributed by atoms with E-state index >= 15 is 0 Å². The van der Waals surface area contributed by atoms with Crippen molar-refractivity contribution < 1.29 is 9.18 Å². The molecule has 9 heteroatoms. The Bertz CT molecular complexity index is 1040. The number of rotatable bonds is 4. The van der Waals surface area contributed by atoms with Crippen molar-refractivity contribution in [2.45, 2.75) is 26.3 Å². The Morgan fingerprint density at radius 1 is 1.23 bits per heavy atom. The van der Waals surface area contributed by atoms with Crippen LogP contribution in [0.15, 0.2) is 35.5 Å². The van der Waals surface area contributed by atoms with Crippen LogP contribution in [0.1, 0.15) is 25.8 Å². The molecule has 2 aliphatic rings. The van der Waals surface area contributed by atoms with Crippen molar-refractivity contribution in [3.63, 3.8) is 0 Å². The minimum Gasteiger partial charge on any atom is -0.354 e. The van der Waals surface area contributed by atoms with Crippen molar-refractivity contribution in [1.82, 2.24) is 20.2 Å². The van der Waals surface area contributed by atoms with E-state index in [1.54, 1.807) is 30.6 Å². The quantitative estimate of drug-likeness (QED) is 0.555. The number of nitrogens with one attached hydrogen (secondary N) is 1. The Kier molecular flexibility index (Phi) is 6.64. The monoisotopic (exact) mass is 457 g/mol. The zero-order valence-electron chi connectivity index (χ0n) is 17.5. The lowest BCUT2D eigenvalue weighted by atomic mass is 10.1. The molecule has 0 atom stereocenters. The number of hydrogen-bond acceptors (Lipinski definition) is 7. The number of halogens is 1. The van der Waals surface area contributed by atoms with E-state index < -0.39 is 0 Å². The fourth-order valence-corrected chi connectivity index (χ4v) is 4.77. The van der Waals surface area contributed by atoms with Crippen LogP contribution in [0.4, 0.5) is 10.2 Å². The number of carbonyl (C=O) groups excluding carboxylic acids is 1. The highest BCUT2D eigenvalue weighted by Gasteiger charge is 2.22. The molecule has 2 fully saturated rings. The number of thiocarbonyl (C=S) groups is 1. The Labute approximate surface area is 190 Å². The van der Waals surface area contributed by atoms with Gasteiger partial charge in [-0.15, -0.1) is 0 Å². The van der Waals surface area contributed by atoms with E-state index in [1.165, 1.54) is 17.8 Å². The smallest absolute Gasteiger partial charge is 0.263 e. The molecule has 31 heavy (non-hydrogen) atoms. The van der Waals surface area contributed by atoms with Crippen LogP contribution in [0, 0.1) is 5.82 Å². The van der Waals surface area contributed by atoms with Crippen molar-refractivity contribution in [2.24, 2.45) is 0 Å². The lowest BCUT2D eigenvalue weighted by molar-refractivity contribution is -0.115. The molecule has 0 bridgehead atoms. The summed E-state index contributed by atoms with van der Waals surface area (Å²) >= 11 is 6.22. The number of carbonyl (C=O) groups is 1. The predicted octanol–water partition coefficient (Wildman–Crippen LogP) is 3.69. The highest BCUT2D eigenvalue weighted by Crippen LogP contribution is 2.29. The van der Waals surface area contributed by atoms with Crippen LogP contribution in [0.5, 0.6) is 0 Å². The molecular weight excluding hydrogens is 433 g/mol. The minimum absolute atomic E-state index is 0.237. The molecule has 2 aromatic rings. The van der Waals surface area contributed by atoms with E-state index in [0.29, 0.717) is 32.1 Å². The lowest BCUT2D eigenvalue weighted by Gasteiger charge is -2.25. The van der Waals surface area contributed by atoms with Crippen LogP contribution in [0.2, 0.25) is 0 Å². The maximum atomic E-state index is 14.7. The van der Waals surface area contributed by atoms with Crippen molar-refractivity contribution in [3.8, 4) is 11.3 Å². The number of amides is 1. The molecule has 3 heterocycles. The lowest BCUT2D eigenvalue weighted by Crippen LogP contribution is -2.35. The van der Waals surface area contributed by atoms with Crippen molar-refractivity contribution in [2.75, 3.05) is 31.1 Å². The molecular formula is C22H24FN5OS2. The number of benzene rings is 1. The standard InChI is InChI=1S/C22H24FN5OS2/c1-14(2)27-6-3-7-28(9-8-27)20-13-24-12-18(25-20)16-10-15(4-5-17(16)23)11-19-21(29)26-22(30)31-19/h4-5,10-14H,3,6-9H2,1-2H3,(H,26,29,30)/b19-11-. The first-order valence-electron chi connectivity index (χ1n) is 10.3. The fraction of sp³-hybridized carbons (Fsp3) is 0.364. The molecule has 162 valence electrons. The van der Waals surface area contributed by atoms with Gasteiger partial charge >= 0.3 is 0 Å².